The number of para-hydroxylation sites is 1. The molecule has 0 atom stereocenters. The van der Waals surface area contributed by atoms with Gasteiger partial charge in [-0.05, 0) is 50.1 Å². The summed E-state index contributed by atoms with van der Waals surface area (Å²) >= 11 is 3.49. The molecule has 8 nitrogen and oxygen atoms in total. The Morgan fingerprint density at radius 2 is 1.97 bits per heavy atom. The third-order valence-corrected chi connectivity index (χ3v) is 6.53. The number of furan rings is 1. The molecule has 0 unspecified atom stereocenters. The van der Waals surface area contributed by atoms with Crippen molar-refractivity contribution in [3.05, 3.63) is 87.4 Å². The number of aryl methyl sites for hydroxylation is 1. The van der Waals surface area contributed by atoms with Crippen LogP contribution in [0.15, 0.2) is 68.7 Å². The molecule has 1 aliphatic rings. The van der Waals surface area contributed by atoms with Crippen molar-refractivity contribution in [2.75, 3.05) is 0 Å². The quantitative estimate of drug-likeness (QED) is 0.209. The van der Waals surface area contributed by atoms with Crippen LogP contribution in [0.1, 0.15) is 50.6 Å². The van der Waals surface area contributed by atoms with Crippen LogP contribution in [0.4, 0.5) is 0 Å². The van der Waals surface area contributed by atoms with Gasteiger partial charge in [0.25, 0.3) is 5.91 Å². The number of esters is 1. The van der Waals surface area contributed by atoms with Crippen molar-refractivity contribution in [3.8, 4) is 11.5 Å². The van der Waals surface area contributed by atoms with Crippen LogP contribution in [0.3, 0.4) is 0 Å². The molecule has 2 heterocycles. The number of nitrogens with one attached hydrogen (secondary N) is 1. The monoisotopic (exact) mass is 533 g/mol. The average molecular weight is 534 g/mol. The van der Waals surface area contributed by atoms with E-state index in [0.717, 1.165) is 16.3 Å². The van der Waals surface area contributed by atoms with Gasteiger partial charge in [-0.3, -0.25) is 9.78 Å². The minimum Gasteiger partial charge on any atom is -0.507 e. The molecule has 0 saturated carbocycles. The molecule has 1 amide bonds. The molecule has 0 radical (unpaired) electrons. The topological polar surface area (TPSA) is 114 Å². The molecule has 0 spiro atoms. The lowest BCUT2D eigenvalue weighted by Gasteiger charge is -2.13. The lowest BCUT2D eigenvalue weighted by atomic mass is 9.93. The number of aromatic hydroxyl groups is 1. The molecule has 0 saturated heterocycles. The van der Waals surface area contributed by atoms with Crippen LogP contribution in [0, 0.1) is 6.92 Å². The van der Waals surface area contributed by atoms with E-state index in [1.165, 1.54) is 12.1 Å². The van der Waals surface area contributed by atoms with E-state index >= 15 is 0 Å². The number of carbonyl (C=O) groups is 2. The van der Waals surface area contributed by atoms with E-state index in [1.807, 2.05) is 12.1 Å². The van der Waals surface area contributed by atoms with Crippen molar-refractivity contribution in [1.82, 2.24) is 10.4 Å². The van der Waals surface area contributed by atoms with Gasteiger partial charge in [-0.1, -0.05) is 34.1 Å². The van der Waals surface area contributed by atoms with Gasteiger partial charge in [-0.15, -0.1) is 0 Å². The number of amides is 1. The van der Waals surface area contributed by atoms with E-state index in [1.54, 1.807) is 37.4 Å². The predicted octanol–water partition coefficient (Wildman–Crippen LogP) is 5.29. The number of phenols is 1. The van der Waals surface area contributed by atoms with E-state index in [9.17, 15) is 14.7 Å². The smallest absolute Gasteiger partial charge is 0.380 e. The highest BCUT2D eigenvalue weighted by Gasteiger charge is 2.29. The van der Waals surface area contributed by atoms with Gasteiger partial charge in [0.05, 0.1) is 11.3 Å². The zero-order chi connectivity index (χ0) is 24.5. The number of hydrogen-bond donors (Lipinski definition) is 2. The van der Waals surface area contributed by atoms with Crippen LogP contribution in [0.2, 0.25) is 0 Å². The van der Waals surface area contributed by atoms with Gasteiger partial charge < -0.3 is 14.3 Å². The van der Waals surface area contributed by atoms with Gasteiger partial charge in [0, 0.05) is 33.6 Å². The summed E-state index contributed by atoms with van der Waals surface area (Å²) < 4.78 is 12.4. The van der Waals surface area contributed by atoms with Crippen LogP contribution in [-0.2, 0) is 6.42 Å². The summed E-state index contributed by atoms with van der Waals surface area (Å²) in [7, 11) is 0. The Morgan fingerprint density at radius 1 is 1.14 bits per heavy atom. The van der Waals surface area contributed by atoms with Gasteiger partial charge in [0.2, 0.25) is 5.76 Å². The maximum Gasteiger partial charge on any atom is 0.380 e. The van der Waals surface area contributed by atoms with Crippen molar-refractivity contribution in [1.29, 1.82) is 0 Å². The van der Waals surface area contributed by atoms with Gasteiger partial charge >= 0.3 is 5.97 Å². The summed E-state index contributed by atoms with van der Waals surface area (Å²) in [6.45, 7) is 1.77. The number of hydrazone groups is 1. The van der Waals surface area contributed by atoms with E-state index in [-0.39, 0.29) is 17.1 Å². The van der Waals surface area contributed by atoms with Crippen molar-refractivity contribution < 1.29 is 23.8 Å². The molecule has 0 bridgehead atoms. The average Bonchev–Trinajstić information content (AvgIpc) is 3.22. The Morgan fingerprint density at radius 3 is 2.80 bits per heavy atom. The van der Waals surface area contributed by atoms with Gasteiger partial charge in [-0.2, -0.15) is 5.10 Å². The van der Waals surface area contributed by atoms with Crippen LogP contribution < -0.4 is 10.2 Å². The molecule has 1 aliphatic carbocycles. The summed E-state index contributed by atoms with van der Waals surface area (Å²) in [5.74, 6) is -0.263. The number of rotatable bonds is 4. The van der Waals surface area contributed by atoms with Crippen molar-refractivity contribution >= 4 is 44.4 Å². The molecule has 35 heavy (non-hydrogen) atoms. The first-order chi connectivity index (χ1) is 16.9. The highest BCUT2D eigenvalue weighted by Crippen LogP contribution is 2.33. The van der Waals surface area contributed by atoms with Gasteiger partial charge in [0.1, 0.15) is 17.0 Å². The number of aromatic nitrogens is 1. The lowest BCUT2D eigenvalue weighted by molar-refractivity contribution is 0.0700. The largest absolute Gasteiger partial charge is 0.507 e. The van der Waals surface area contributed by atoms with Gasteiger partial charge in [0.15, 0.2) is 5.75 Å². The second-order valence-electron chi connectivity index (χ2n) is 8.06. The molecule has 0 aliphatic heterocycles. The maximum absolute atomic E-state index is 13.1. The molecule has 9 heteroatoms. The third kappa shape index (κ3) is 4.30. The molecular weight excluding hydrogens is 514 g/mol. The fourth-order valence-corrected chi connectivity index (χ4v) is 4.61. The number of pyridine rings is 1. The maximum atomic E-state index is 13.1. The second kappa shape index (κ2) is 9.34. The molecule has 176 valence electrons. The number of carbonyl (C=O) groups excluding carboxylic acids is 2. The number of nitrogens with zero attached hydrogens (tertiary/aromatic N) is 2. The predicted molar refractivity (Wildman–Crippen MR) is 133 cm³/mol. The second-order valence-corrected chi connectivity index (χ2v) is 8.91. The molecule has 2 N–H and O–H groups in total. The first-order valence-electron chi connectivity index (χ1n) is 11.0. The van der Waals surface area contributed by atoms with E-state index in [0.29, 0.717) is 46.7 Å². The molecule has 4 aromatic rings. The summed E-state index contributed by atoms with van der Waals surface area (Å²) in [5.41, 5.74) is 5.06. The minimum absolute atomic E-state index is 0.0867. The Labute approximate surface area is 208 Å². The first kappa shape index (κ1) is 22.8. The normalized spacial score (nSPS) is 14.1. The van der Waals surface area contributed by atoms with Gasteiger partial charge in [-0.25, -0.2) is 10.2 Å². The third-order valence-electron chi connectivity index (χ3n) is 5.83. The van der Waals surface area contributed by atoms with E-state index in [4.69, 9.17) is 9.15 Å². The zero-order valence-electron chi connectivity index (χ0n) is 18.7. The van der Waals surface area contributed by atoms with Crippen LogP contribution >= 0.6 is 15.9 Å². The Bertz CT molecular complexity index is 1510. The molecule has 2 aromatic heterocycles. The van der Waals surface area contributed by atoms with Crippen molar-refractivity contribution in [3.63, 3.8) is 0 Å². The van der Waals surface area contributed by atoms with Crippen molar-refractivity contribution in [2.45, 2.75) is 26.2 Å². The lowest BCUT2D eigenvalue weighted by Crippen LogP contribution is -2.22. The Balaban J connectivity index is 1.42. The molecule has 5 rings (SSSR count). The molecule has 0 fully saturated rings. The van der Waals surface area contributed by atoms with Crippen molar-refractivity contribution in [2.24, 2.45) is 5.10 Å². The fraction of sp³-hybridized carbons (Fsp3) is 0.154. The number of benzene rings is 2. The fourth-order valence-electron chi connectivity index (χ4n) is 4.16. The summed E-state index contributed by atoms with van der Waals surface area (Å²) in [5, 5.41) is 15.0. The highest BCUT2D eigenvalue weighted by molar-refractivity contribution is 9.10. The Kier molecular flexibility index (Phi) is 6.08. The number of fused-ring (bicyclic) bond motifs is 2. The van der Waals surface area contributed by atoms with E-state index in [2.05, 4.69) is 31.4 Å². The highest BCUT2D eigenvalue weighted by atomic mass is 79.9. The number of halogens is 1. The van der Waals surface area contributed by atoms with E-state index < -0.39 is 11.9 Å². The Hall–Kier alpha value is -3.98. The van der Waals surface area contributed by atoms with Crippen LogP contribution in [-0.4, -0.2) is 27.7 Å². The van der Waals surface area contributed by atoms with Crippen LogP contribution in [0.5, 0.6) is 11.5 Å². The standard InChI is InChI=1S/C26H20BrN3O5/c1-14-22-18(29-30-25(32)16-6-2-3-9-19(16)31)8-4-10-20(22)34-24(14)26(33)35-21-12-11-17(27)15-7-5-13-28-23(15)21/h2-3,5-7,9,11-13,31H,4,8,10H2,1H3,(H,30,32)/b29-18+. The zero-order valence-corrected chi connectivity index (χ0v) is 20.3. The number of phenolic OH excluding ortho intramolecular Hbond substituents is 1. The number of ether oxygens (including phenoxy) is 1. The molecular formula is C26H20BrN3O5. The van der Waals surface area contributed by atoms with Crippen LogP contribution in [0.25, 0.3) is 10.9 Å². The summed E-state index contributed by atoms with van der Waals surface area (Å²) in [6, 6.07) is 13.4. The summed E-state index contributed by atoms with van der Waals surface area (Å²) in [4.78, 5) is 29.9. The number of hydrogen-bond acceptors (Lipinski definition) is 7. The molecule has 2 aromatic carbocycles. The summed E-state index contributed by atoms with van der Waals surface area (Å²) in [6.07, 6.45) is 3.62. The minimum atomic E-state index is -0.635. The first-order valence-corrected chi connectivity index (χ1v) is 11.8. The SMILES string of the molecule is Cc1c(C(=O)Oc2ccc(Br)c3cccnc23)oc2c1/C(=N/NC(=O)c1ccccc1O)CCC2.